The van der Waals surface area contributed by atoms with E-state index in [0.29, 0.717) is 6.10 Å². The maximum atomic E-state index is 6.23. The van der Waals surface area contributed by atoms with Crippen molar-refractivity contribution in [3.05, 3.63) is 45.9 Å². The first-order valence-electron chi connectivity index (χ1n) is 8.05. The Morgan fingerprint density at radius 2 is 2.00 bits per heavy atom. The van der Waals surface area contributed by atoms with Gasteiger partial charge in [0.05, 0.1) is 11.1 Å². The largest absolute Gasteiger partial charge is 0.490 e. The molecule has 3 rings (SSSR count). The Hall–Kier alpha value is -1.39. The minimum absolute atomic E-state index is 0.413. The fraction of sp³-hybridized carbons (Fsp3) is 0.500. The Kier molecular flexibility index (Phi) is 5.11. The molecule has 4 heteroatoms. The summed E-state index contributed by atoms with van der Waals surface area (Å²) in [7, 11) is 2.15. The molecule has 0 N–H and O–H groups in total. The summed E-state index contributed by atoms with van der Waals surface area (Å²) in [6, 6.07) is 8.46. The highest BCUT2D eigenvalue weighted by Gasteiger charge is 2.18. The van der Waals surface area contributed by atoms with Crippen molar-refractivity contribution < 1.29 is 4.74 Å². The topological polar surface area (TPSA) is 25.4 Å². The fourth-order valence-corrected chi connectivity index (χ4v) is 3.90. The number of ether oxygens (including phenoxy) is 1. The summed E-state index contributed by atoms with van der Waals surface area (Å²) in [5, 5.41) is 1.13. The average molecular weight is 316 g/mol. The summed E-state index contributed by atoms with van der Waals surface area (Å²) in [5.41, 5.74) is 1.28. The molecule has 0 aliphatic heterocycles. The van der Waals surface area contributed by atoms with Crippen LogP contribution in [0.1, 0.15) is 41.1 Å². The summed E-state index contributed by atoms with van der Waals surface area (Å²) in [5.74, 6) is 1.06. The molecule has 1 aliphatic carbocycles. The molecule has 0 spiro atoms. The molecule has 1 aliphatic rings. The number of nitrogens with zero attached hydrogens (tertiary/aromatic N) is 2. The zero-order valence-electron chi connectivity index (χ0n) is 13.4. The minimum atomic E-state index is 0.413. The zero-order valence-corrected chi connectivity index (χ0v) is 14.2. The normalized spacial score (nSPS) is 15.6. The highest BCUT2D eigenvalue weighted by molar-refractivity contribution is 7.11. The standard InChI is InChI=1S/C18H24N2OS/c1-14-19-11-17(22-14)13-20(2)12-15-7-3-6-10-18(15)21-16-8-4-5-9-16/h3,6-7,10-11,16H,4-5,8-9,12-13H2,1-2H3. The van der Waals surface area contributed by atoms with Crippen LogP contribution in [0.15, 0.2) is 30.5 Å². The van der Waals surface area contributed by atoms with Crippen LogP contribution in [0.2, 0.25) is 0 Å². The lowest BCUT2D eigenvalue weighted by Gasteiger charge is -2.20. The van der Waals surface area contributed by atoms with Crippen LogP contribution in [0.3, 0.4) is 0 Å². The molecule has 22 heavy (non-hydrogen) atoms. The van der Waals surface area contributed by atoms with Gasteiger partial charge < -0.3 is 4.74 Å². The predicted octanol–water partition coefficient (Wildman–Crippen LogP) is 4.40. The molecule has 0 unspecified atom stereocenters. The van der Waals surface area contributed by atoms with Gasteiger partial charge in [-0.25, -0.2) is 4.98 Å². The number of benzene rings is 1. The first-order valence-corrected chi connectivity index (χ1v) is 8.87. The van der Waals surface area contributed by atoms with E-state index in [2.05, 4.69) is 48.1 Å². The lowest BCUT2D eigenvalue weighted by Crippen LogP contribution is -2.18. The van der Waals surface area contributed by atoms with Crippen LogP contribution in [0.4, 0.5) is 0 Å². The van der Waals surface area contributed by atoms with Crippen LogP contribution in [-0.4, -0.2) is 23.0 Å². The van der Waals surface area contributed by atoms with Crippen LogP contribution in [0.25, 0.3) is 0 Å². The summed E-state index contributed by atoms with van der Waals surface area (Å²) in [6.45, 7) is 3.89. The molecule has 1 aromatic heterocycles. The van der Waals surface area contributed by atoms with Gasteiger partial charge >= 0.3 is 0 Å². The maximum Gasteiger partial charge on any atom is 0.124 e. The number of hydrogen-bond donors (Lipinski definition) is 0. The Morgan fingerprint density at radius 3 is 2.73 bits per heavy atom. The molecule has 3 nitrogen and oxygen atoms in total. The summed E-state index contributed by atoms with van der Waals surface area (Å²) >= 11 is 1.77. The Morgan fingerprint density at radius 1 is 1.23 bits per heavy atom. The van der Waals surface area contributed by atoms with Gasteiger partial charge in [0.1, 0.15) is 5.75 Å². The SMILES string of the molecule is Cc1ncc(CN(C)Cc2ccccc2OC2CCCC2)s1. The average Bonchev–Trinajstić information content (AvgIpc) is 3.13. The molecule has 1 saturated carbocycles. The van der Waals surface area contributed by atoms with Crippen molar-refractivity contribution in [2.75, 3.05) is 7.05 Å². The third-order valence-corrected chi connectivity index (χ3v) is 5.00. The van der Waals surface area contributed by atoms with E-state index < -0.39 is 0 Å². The van der Waals surface area contributed by atoms with Crippen LogP contribution < -0.4 is 4.74 Å². The fourth-order valence-electron chi connectivity index (χ4n) is 3.03. The van der Waals surface area contributed by atoms with Gasteiger partial charge in [0.15, 0.2) is 0 Å². The summed E-state index contributed by atoms with van der Waals surface area (Å²) in [4.78, 5) is 7.97. The number of thiazole rings is 1. The van der Waals surface area contributed by atoms with E-state index in [1.54, 1.807) is 11.3 Å². The van der Waals surface area contributed by atoms with Gasteiger partial charge in [-0.05, 0) is 45.7 Å². The molecule has 118 valence electrons. The second-order valence-corrected chi connectivity index (χ2v) is 7.47. The molecule has 1 heterocycles. The minimum Gasteiger partial charge on any atom is -0.490 e. The lowest BCUT2D eigenvalue weighted by atomic mass is 10.2. The van der Waals surface area contributed by atoms with E-state index in [-0.39, 0.29) is 0 Å². The highest BCUT2D eigenvalue weighted by Crippen LogP contribution is 2.27. The lowest BCUT2D eigenvalue weighted by molar-refractivity contribution is 0.204. The summed E-state index contributed by atoms with van der Waals surface area (Å²) in [6.07, 6.45) is 7.40. The maximum absolute atomic E-state index is 6.23. The Balaban J connectivity index is 1.63. The van der Waals surface area contributed by atoms with E-state index in [4.69, 9.17) is 4.74 Å². The van der Waals surface area contributed by atoms with Gasteiger partial charge in [-0.2, -0.15) is 0 Å². The molecule has 0 atom stereocenters. The van der Waals surface area contributed by atoms with Gasteiger partial charge in [0, 0.05) is 29.7 Å². The van der Waals surface area contributed by atoms with E-state index in [0.717, 1.165) is 23.8 Å². The van der Waals surface area contributed by atoms with E-state index in [1.165, 1.54) is 36.1 Å². The van der Waals surface area contributed by atoms with Crippen molar-refractivity contribution in [3.63, 3.8) is 0 Å². The van der Waals surface area contributed by atoms with Crippen molar-refractivity contribution in [1.29, 1.82) is 0 Å². The van der Waals surface area contributed by atoms with Crippen LogP contribution in [-0.2, 0) is 13.1 Å². The third kappa shape index (κ3) is 4.08. The number of hydrogen-bond acceptors (Lipinski definition) is 4. The molecular weight excluding hydrogens is 292 g/mol. The Bertz CT molecular complexity index is 605. The number of aromatic nitrogens is 1. The first kappa shape index (κ1) is 15.5. The van der Waals surface area contributed by atoms with Crippen LogP contribution in [0, 0.1) is 6.92 Å². The quantitative estimate of drug-likeness (QED) is 0.789. The number of rotatable bonds is 6. The second-order valence-electron chi connectivity index (χ2n) is 6.15. The molecule has 0 radical (unpaired) electrons. The highest BCUT2D eigenvalue weighted by atomic mass is 32.1. The number of para-hydroxylation sites is 1. The van der Waals surface area contributed by atoms with Crippen molar-refractivity contribution in [2.45, 2.75) is 51.8 Å². The van der Waals surface area contributed by atoms with Crippen molar-refractivity contribution in [3.8, 4) is 5.75 Å². The summed E-state index contributed by atoms with van der Waals surface area (Å²) < 4.78 is 6.23. The first-order chi connectivity index (χ1) is 10.7. The van der Waals surface area contributed by atoms with E-state index >= 15 is 0 Å². The van der Waals surface area contributed by atoms with Crippen molar-refractivity contribution in [1.82, 2.24) is 9.88 Å². The molecule has 1 fully saturated rings. The molecule has 0 saturated heterocycles. The monoisotopic (exact) mass is 316 g/mol. The van der Waals surface area contributed by atoms with Gasteiger partial charge in [0.25, 0.3) is 0 Å². The second kappa shape index (κ2) is 7.25. The van der Waals surface area contributed by atoms with Gasteiger partial charge in [0.2, 0.25) is 0 Å². The van der Waals surface area contributed by atoms with Gasteiger partial charge in [-0.3, -0.25) is 4.90 Å². The molecule has 0 amide bonds. The van der Waals surface area contributed by atoms with E-state index in [1.807, 2.05) is 6.20 Å². The molecule has 0 bridgehead atoms. The Labute approximate surface area is 137 Å². The van der Waals surface area contributed by atoms with E-state index in [9.17, 15) is 0 Å². The third-order valence-electron chi connectivity index (χ3n) is 4.10. The molecule has 2 aromatic rings. The van der Waals surface area contributed by atoms with Gasteiger partial charge in [-0.1, -0.05) is 18.2 Å². The number of aryl methyl sites for hydroxylation is 1. The van der Waals surface area contributed by atoms with Crippen molar-refractivity contribution in [2.24, 2.45) is 0 Å². The smallest absolute Gasteiger partial charge is 0.124 e. The molecule has 1 aromatic carbocycles. The van der Waals surface area contributed by atoms with Crippen molar-refractivity contribution >= 4 is 11.3 Å². The van der Waals surface area contributed by atoms with Crippen LogP contribution >= 0.6 is 11.3 Å². The zero-order chi connectivity index (χ0) is 15.4. The van der Waals surface area contributed by atoms with Gasteiger partial charge in [-0.15, -0.1) is 11.3 Å². The predicted molar refractivity (Wildman–Crippen MR) is 91.3 cm³/mol. The molecular formula is C18H24N2OS. The van der Waals surface area contributed by atoms with Crippen LogP contribution in [0.5, 0.6) is 5.75 Å².